The molecule has 0 aliphatic carbocycles. The van der Waals surface area contributed by atoms with E-state index >= 15 is 0 Å². The van der Waals surface area contributed by atoms with Crippen molar-refractivity contribution >= 4 is 0 Å². The Kier molecular flexibility index (Phi) is 4.48. The third-order valence-corrected chi connectivity index (χ3v) is 4.95. The van der Waals surface area contributed by atoms with Crippen molar-refractivity contribution in [3.63, 3.8) is 0 Å². The third kappa shape index (κ3) is 3.07. The Hall–Kier alpha value is -1.10. The van der Waals surface area contributed by atoms with Gasteiger partial charge in [-0.1, -0.05) is 12.1 Å². The molecule has 2 saturated heterocycles. The molecule has 2 N–H and O–H groups in total. The standard InChI is InChI=1S/C17H26N2O2/c1-13(14-3-5-15(20-2)6-4-14)19-16-7-12-21-17(16)8-10-18-11-9-17/h3-6,13,16,18-19H,7-12H2,1-2H3/t13-,16?/m0/s1. The molecule has 1 aromatic rings. The Bertz CT molecular complexity index is 454. The molecule has 1 spiro atoms. The summed E-state index contributed by atoms with van der Waals surface area (Å²) in [4.78, 5) is 0. The molecular formula is C17H26N2O2. The first kappa shape index (κ1) is 14.8. The number of piperidine rings is 1. The predicted octanol–water partition coefficient (Wildman–Crippen LogP) is 2.26. The number of ether oxygens (including phenoxy) is 2. The summed E-state index contributed by atoms with van der Waals surface area (Å²) < 4.78 is 11.4. The van der Waals surface area contributed by atoms with Crippen LogP contribution in [0.1, 0.15) is 37.8 Å². The molecule has 0 bridgehead atoms. The summed E-state index contributed by atoms with van der Waals surface area (Å²) in [5.74, 6) is 0.907. The molecule has 1 aromatic carbocycles. The monoisotopic (exact) mass is 290 g/mol. The van der Waals surface area contributed by atoms with Crippen molar-refractivity contribution in [2.24, 2.45) is 0 Å². The fourth-order valence-electron chi connectivity index (χ4n) is 3.61. The summed E-state index contributed by atoms with van der Waals surface area (Å²) in [6, 6.07) is 9.12. The van der Waals surface area contributed by atoms with Gasteiger partial charge in [0.05, 0.1) is 12.7 Å². The normalized spacial score (nSPS) is 25.9. The molecule has 0 amide bonds. The highest BCUT2D eigenvalue weighted by molar-refractivity contribution is 5.29. The number of nitrogens with one attached hydrogen (secondary N) is 2. The molecule has 2 atom stereocenters. The Morgan fingerprint density at radius 3 is 2.67 bits per heavy atom. The average molecular weight is 290 g/mol. The van der Waals surface area contributed by atoms with Crippen molar-refractivity contribution in [3.05, 3.63) is 29.8 Å². The van der Waals surface area contributed by atoms with Crippen LogP contribution < -0.4 is 15.4 Å². The lowest BCUT2D eigenvalue weighted by Crippen LogP contribution is -2.53. The van der Waals surface area contributed by atoms with E-state index in [4.69, 9.17) is 9.47 Å². The summed E-state index contributed by atoms with van der Waals surface area (Å²) in [6.07, 6.45) is 3.33. The van der Waals surface area contributed by atoms with Gasteiger partial charge in [-0.2, -0.15) is 0 Å². The fourth-order valence-corrected chi connectivity index (χ4v) is 3.61. The van der Waals surface area contributed by atoms with E-state index in [9.17, 15) is 0 Å². The van der Waals surface area contributed by atoms with Crippen molar-refractivity contribution in [1.82, 2.24) is 10.6 Å². The van der Waals surface area contributed by atoms with E-state index < -0.39 is 0 Å². The highest BCUT2D eigenvalue weighted by atomic mass is 16.5. The highest BCUT2D eigenvalue weighted by Gasteiger charge is 2.45. The number of rotatable bonds is 4. The zero-order chi connectivity index (χ0) is 14.7. The minimum atomic E-state index is 0.0476. The largest absolute Gasteiger partial charge is 0.497 e. The van der Waals surface area contributed by atoms with Gasteiger partial charge >= 0.3 is 0 Å². The molecule has 0 radical (unpaired) electrons. The second-order valence-corrected chi connectivity index (χ2v) is 6.17. The minimum Gasteiger partial charge on any atom is -0.497 e. The second-order valence-electron chi connectivity index (χ2n) is 6.17. The van der Waals surface area contributed by atoms with Gasteiger partial charge in [-0.3, -0.25) is 0 Å². The lowest BCUT2D eigenvalue weighted by molar-refractivity contribution is -0.0350. The van der Waals surface area contributed by atoms with Crippen molar-refractivity contribution in [2.75, 3.05) is 26.8 Å². The van der Waals surface area contributed by atoms with Crippen LogP contribution in [-0.2, 0) is 4.74 Å². The van der Waals surface area contributed by atoms with Gasteiger partial charge in [-0.15, -0.1) is 0 Å². The van der Waals surface area contributed by atoms with Gasteiger partial charge in [0.2, 0.25) is 0 Å². The fraction of sp³-hybridized carbons (Fsp3) is 0.647. The number of benzene rings is 1. The van der Waals surface area contributed by atoms with Crippen molar-refractivity contribution in [3.8, 4) is 5.75 Å². The van der Waals surface area contributed by atoms with Crippen LogP contribution in [0.2, 0.25) is 0 Å². The zero-order valence-electron chi connectivity index (χ0n) is 13.0. The van der Waals surface area contributed by atoms with Gasteiger partial charge < -0.3 is 20.1 Å². The topological polar surface area (TPSA) is 42.5 Å². The summed E-state index contributed by atoms with van der Waals surface area (Å²) in [5.41, 5.74) is 1.35. The first-order valence-corrected chi connectivity index (χ1v) is 7.98. The lowest BCUT2D eigenvalue weighted by Gasteiger charge is -2.39. The second kappa shape index (κ2) is 6.34. The molecule has 116 valence electrons. The van der Waals surface area contributed by atoms with Crippen LogP contribution in [0, 0.1) is 0 Å². The summed E-state index contributed by atoms with van der Waals surface area (Å²) in [7, 11) is 1.70. The molecule has 2 fully saturated rings. The third-order valence-electron chi connectivity index (χ3n) is 4.95. The van der Waals surface area contributed by atoms with Crippen LogP contribution in [0.15, 0.2) is 24.3 Å². The van der Waals surface area contributed by atoms with Gasteiger partial charge in [0.1, 0.15) is 5.75 Å². The maximum absolute atomic E-state index is 6.14. The Morgan fingerprint density at radius 1 is 1.29 bits per heavy atom. The van der Waals surface area contributed by atoms with Crippen LogP contribution in [0.3, 0.4) is 0 Å². The maximum Gasteiger partial charge on any atom is 0.118 e. The predicted molar refractivity (Wildman–Crippen MR) is 83.7 cm³/mol. The van der Waals surface area contributed by atoms with Crippen molar-refractivity contribution in [1.29, 1.82) is 0 Å². The number of hydrogen-bond donors (Lipinski definition) is 2. The van der Waals surface area contributed by atoms with Crippen molar-refractivity contribution in [2.45, 2.75) is 43.9 Å². The van der Waals surface area contributed by atoms with Crippen LogP contribution in [-0.4, -0.2) is 38.4 Å². The van der Waals surface area contributed by atoms with E-state index in [0.29, 0.717) is 12.1 Å². The van der Waals surface area contributed by atoms with E-state index in [1.807, 2.05) is 12.1 Å². The van der Waals surface area contributed by atoms with Gasteiger partial charge in [0.25, 0.3) is 0 Å². The van der Waals surface area contributed by atoms with Gasteiger partial charge in [0, 0.05) is 18.7 Å². The summed E-state index contributed by atoms with van der Waals surface area (Å²) in [5, 5.41) is 7.23. The van der Waals surface area contributed by atoms with E-state index in [0.717, 1.165) is 44.7 Å². The maximum atomic E-state index is 6.14. The van der Waals surface area contributed by atoms with Crippen LogP contribution in [0.5, 0.6) is 5.75 Å². The average Bonchev–Trinajstić information content (AvgIpc) is 2.90. The van der Waals surface area contributed by atoms with Crippen molar-refractivity contribution < 1.29 is 9.47 Å². The molecule has 0 saturated carbocycles. The number of hydrogen-bond acceptors (Lipinski definition) is 4. The first-order chi connectivity index (χ1) is 10.2. The molecule has 3 rings (SSSR count). The Balaban J connectivity index is 1.66. The molecule has 2 heterocycles. The van der Waals surface area contributed by atoms with E-state index in [2.05, 4.69) is 29.7 Å². The van der Waals surface area contributed by atoms with Gasteiger partial charge in [-0.25, -0.2) is 0 Å². The summed E-state index contributed by atoms with van der Waals surface area (Å²) >= 11 is 0. The van der Waals surface area contributed by atoms with Crippen LogP contribution in [0.4, 0.5) is 0 Å². The molecule has 4 heteroatoms. The molecular weight excluding hydrogens is 264 g/mol. The zero-order valence-corrected chi connectivity index (χ0v) is 13.0. The molecule has 1 unspecified atom stereocenters. The lowest BCUT2D eigenvalue weighted by atomic mass is 9.84. The smallest absolute Gasteiger partial charge is 0.118 e. The number of methoxy groups -OCH3 is 1. The molecule has 4 nitrogen and oxygen atoms in total. The molecule has 2 aliphatic rings. The molecule has 21 heavy (non-hydrogen) atoms. The van der Waals surface area contributed by atoms with Crippen LogP contribution >= 0.6 is 0 Å². The first-order valence-electron chi connectivity index (χ1n) is 7.98. The summed E-state index contributed by atoms with van der Waals surface area (Å²) in [6.45, 7) is 5.24. The quantitative estimate of drug-likeness (QED) is 0.892. The van der Waals surface area contributed by atoms with Gasteiger partial charge in [-0.05, 0) is 57.0 Å². The minimum absolute atomic E-state index is 0.0476. The van der Waals surface area contributed by atoms with E-state index in [1.54, 1.807) is 7.11 Å². The highest BCUT2D eigenvalue weighted by Crippen LogP contribution is 2.35. The van der Waals surface area contributed by atoms with Crippen LogP contribution in [0.25, 0.3) is 0 Å². The Labute approximate surface area is 127 Å². The Morgan fingerprint density at radius 2 is 2.00 bits per heavy atom. The van der Waals surface area contributed by atoms with Gasteiger partial charge in [0.15, 0.2) is 0 Å². The van der Waals surface area contributed by atoms with E-state index in [1.165, 1.54) is 5.56 Å². The van der Waals surface area contributed by atoms with E-state index in [-0.39, 0.29) is 5.60 Å². The SMILES string of the molecule is COc1ccc([C@H](C)NC2CCOC23CCNCC3)cc1. The molecule has 0 aromatic heterocycles. The molecule has 2 aliphatic heterocycles.